The van der Waals surface area contributed by atoms with Gasteiger partial charge >= 0.3 is 6.09 Å². The molecule has 1 amide bonds. The van der Waals surface area contributed by atoms with Crippen molar-refractivity contribution in [3.05, 3.63) is 34.9 Å². The molecule has 2 rings (SSSR count). The van der Waals surface area contributed by atoms with Gasteiger partial charge < -0.3 is 10.1 Å². The van der Waals surface area contributed by atoms with Crippen LogP contribution in [0.5, 0.6) is 0 Å². The third-order valence-electron chi connectivity index (χ3n) is 4.14. The normalized spacial score (nSPS) is 17.1. The Kier molecular flexibility index (Phi) is 6.93. The summed E-state index contributed by atoms with van der Waals surface area (Å²) in [5.74, 6) is 0.203. The van der Waals surface area contributed by atoms with E-state index in [9.17, 15) is 13.2 Å². The van der Waals surface area contributed by atoms with E-state index in [0.29, 0.717) is 43.1 Å². The number of rotatable bonds is 5. The predicted molar refractivity (Wildman–Crippen MR) is 103 cm³/mol. The summed E-state index contributed by atoms with van der Waals surface area (Å²) in [6, 6.07) is 6.92. The molecule has 1 aromatic rings. The second-order valence-electron chi connectivity index (χ2n) is 7.61. The van der Waals surface area contributed by atoms with Crippen molar-refractivity contribution >= 4 is 27.7 Å². The predicted octanol–water partition coefficient (Wildman–Crippen LogP) is 3.41. The van der Waals surface area contributed by atoms with Gasteiger partial charge in [0, 0.05) is 24.7 Å². The van der Waals surface area contributed by atoms with E-state index in [1.165, 1.54) is 4.31 Å². The number of ether oxygens (including phenoxy) is 1. The van der Waals surface area contributed by atoms with Crippen molar-refractivity contribution in [2.24, 2.45) is 5.92 Å². The molecule has 1 aliphatic rings. The Morgan fingerprint density at radius 1 is 1.31 bits per heavy atom. The number of benzene rings is 1. The summed E-state index contributed by atoms with van der Waals surface area (Å²) < 4.78 is 31.9. The molecular weight excluding hydrogens is 376 g/mol. The molecule has 8 heteroatoms. The van der Waals surface area contributed by atoms with Gasteiger partial charge in [0.2, 0.25) is 10.0 Å². The molecule has 0 saturated carbocycles. The molecule has 1 aliphatic heterocycles. The van der Waals surface area contributed by atoms with Gasteiger partial charge in [-0.25, -0.2) is 17.5 Å². The first-order valence-electron chi connectivity index (χ1n) is 8.74. The Hall–Kier alpha value is -1.31. The quantitative estimate of drug-likeness (QED) is 0.818. The van der Waals surface area contributed by atoms with E-state index >= 15 is 0 Å². The Bertz CT molecular complexity index is 723. The minimum atomic E-state index is -3.37. The average Bonchev–Trinajstić information content (AvgIpc) is 2.51. The number of carbonyl (C=O) groups is 1. The maximum atomic E-state index is 12.6. The minimum Gasteiger partial charge on any atom is -0.444 e. The van der Waals surface area contributed by atoms with Crippen LogP contribution in [0.25, 0.3) is 0 Å². The second kappa shape index (κ2) is 8.59. The van der Waals surface area contributed by atoms with Crippen molar-refractivity contribution in [2.75, 3.05) is 19.6 Å². The summed E-state index contributed by atoms with van der Waals surface area (Å²) in [6.07, 6.45) is 0.989. The summed E-state index contributed by atoms with van der Waals surface area (Å²) >= 11 is 5.93. The first-order valence-corrected chi connectivity index (χ1v) is 10.7. The first kappa shape index (κ1) is 21.0. The molecule has 26 heavy (non-hydrogen) atoms. The van der Waals surface area contributed by atoms with Crippen LogP contribution in [-0.4, -0.2) is 44.1 Å². The summed E-state index contributed by atoms with van der Waals surface area (Å²) in [5.41, 5.74) is 0.160. The van der Waals surface area contributed by atoms with Gasteiger partial charge in [-0.15, -0.1) is 0 Å². The fourth-order valence-corrected chi connectivity index (χ4v) is 4.63. The molecule has 0 atom stereocenters. The van der Waals surface area contributed by atoms with Crippen molar-refractivity contribution in [1.29, 1.82) is 0 Å². The fraction of sp³-hybridized carbons (Fsp3) is 0.611. The van der Waals surface area contributed by atoms with Crippen molar-refractivity contribution in [1.82, 2.24) is 9.62 Å². The van der Waals surface area contributed by atoms with Crippen LogP contribution in [0.1, 0.15) is 39.2 Å². The maximum Gasteiger partial charge on any atom is 0.407 e. The SMILES string of the molecule is CC(C)(C)OC(=O)NCC1CCN(S(=O)(=O)Cc2cccc(Cl)c2)CC1. The zero-order valence-electron chi connectivity index (χ0n) is 15.5. The average molecular weight is 403 g/mol. The van der Waals surface area contributed by atoms with Crippen molar-refractivity contribution in [3.8, 4) is 0 Å². The topological polar surface area (TPSA) is 75.7 Å². The van der Waals surface area contributed by atoms with Gasteiger partial charge in [-0.1, -0.05) is 23.7 Å². The van der Waals surface area contributed by atoms with Crippen LogP contribution >= 0.6 is 11.6 Å². The number of nitrogens with one attached hydrogen (secondary N) is 1. The van der Waals surface area contributed by atoms with Crippen LogP contribution in [0, 0.1) is 5.92 Å². The third kappa shape index (κ3) is 6.78. The second-order valence-corrected chi connectivity index (χ2v) is 10.0. The van der Waals surface area contributed by atoms with Crippen molar-refractivity contribution in [2.45, 2.75) is 45.0 Å². The Morgan fingerprint density at radius 2 is 1.96 bits per heavy atom. The Balaban J connectivity index is 1.81. The molecule has 6 nitrogen and oxygen atoms in total. The number of hydrogen-bond acceptors (Lipinski definition) is 4. The molecule has 0 spiro atoms. The summed E-state index contributed by atoms with van der Waals surface area (Å²) in [5, 5.41) is 3.30. The first-order chi connectivity index (χ1) is 12.0. The lowest BCUT2D eigenvalue weighted by Crippen LogP contribution is -2.42. The van der Waals surface area contributed by atoms with Crippen LogP contribution < -0.4 is 5.32 Å². The maximum absolute atomic E-state index is 12.6. The van der Waals surface area contributed by atoms with Crippen LogP contribution in [-0.2, 0) is 20.5 Å². The summed E-state index contributed by atoms with van der Waals surface area (Å²) in [6.45, 7) is 6.87. The lowest BCUT2D eigenvalue weighted by Gasteiger charge is -2.31. The van der Waals surface area contributed by atoms with Gasteiger partial charge in [-0.3, -0.25) is 0 Å². The van der Waals surface area contributed by atoms with Crippen molar-refractivity contribution < 1.29 is 17.9 Å². The van der Waals surface area contributed by atoms with Gasteiger partial charge in [0.05, 0.1) is 5.75 Å². The van der Waals surface area contributed by atoms with E-state index in [2.05, 4.69) is 5.32 Å². The van der Waals surface area contributed by atoms with E-state index in [0.717, 1.165) is 0 Å². The highest BCUT2D eigenvalue weighted by molar-refractivity contribution is 7.88. The van der Waals surface area contributed by atoms with Crippen LogP contribution in [0.2, 0.25) is 5.02 Å². The van der Waals surface area contributed by atoms with Crippen LogP contribution in [0.3, 0.4) is 0 Å². The molecule has 146 valence electrons. The molecule has 1 heterocycles. The summed E-state index contributed by atoms with van der Waals surface area (Å²) in [4.78, 5) is 11.7. The van der Waals surface area contributed by atoms with E-state index < -0.39 is 21.7 Å². The van der Waals surface area contributed by atoms with Gasteiger partial charge in [0.1, 0.15) is 5.60 Å². The monoisotopic (exact) mass is 402 g/mol. The van der Waals surface area contributed by atoms with Crippen LogP contribution in [0.4, 0.5) is 4.79 Å². The number of carbonyl (C=O) groups excluding carboxylic acids is 1. The largest absolute Gasteiger partial charge is 0.444 e. The zero-order valence-corrected chi connectivity index (χ0v) is 17.1. The van der Waals surface area contributed by atoms with Gasteiger partial charge in [-0.2, -0.15) is 0 Å². The standard InChI is InChI=1S/C18H27ClN2O4S/c1-18(2,3)25-17(22)20-12-14-7-9-21(10-8-14)26(23,24)13-15-5-4-6-16(19)11-15/h4-6,11,14H,7-10,12-13H2,1-3H3,(H,20,22). The fourth-order valence-electron chi connectivity index (χ4n) is 2.86. The molecule has 1 aromatic carbocycles. The van der Waals surface area contributed by atoms with E-state index in [1.54, 1.807) is 24.3 Å². The van der Waals surface area contributed by atoms with Gasteiger partial charge in [-0.05, 0) is 57.2 Å². The summed E-state index contributed by atoms with van der Waals surface area (Å²) in [7, 11) is -3.37. The highest BCUT2D eigenvalue weighted by Gasteiger charge is 2.28. The number of halogens is 1. The zero-order chi connectivity index (χ0) is 19.4. The number of hydrogen-bond donors (Lipinski definition) is 1. The molecule has 1 N–H and O–H groups in total. The van der Waals surface area contributed by atoms with Crippen LogP contribution in [0.15, 0.2) is 24.3 Å². The third-order valence-corrected chi connectivity index (χ3v) is 6.22. The van der Waals surface area contributed by atoms with E-state index in [1.807, 2.05) is 20.8 Å². The molecule has 0 radical (unpaired) electrons. The Labute approximate surface area is 160 Å². The van der Waals surface area contributed by atoms with Gasteiger partial charge in [0.15, 0.2) is 0 Å². The van der Waals surface area contributed by atoms with E-state index in [-0.39, 0.29) is 11.7 Å². The number of nitrogens with zero attached hydrogens (tertiary/aromatic N) is 1. The molecule has 0 aliphatic carbocycles. The molecule has 0 unspecified atom stereocenters. The molecule has 1 saturated heterocycles. The lowest BCUT2D eigenvalue weighted by molar-refractivity contribution is 0.0513. The van der Waals surface area contributed by atoms with Crippen molar-refractivity contribution in [3.63, 3.8) is 0 Å². The minimum absolute atomic E-state index is 0.0472. The Morgan fingerprint density at radius 3 is 2.54 bits per heavy atom. The molecule has 0 bridgehead atoms. The highest BCUT2D eigenvalue weighted by Crippen LogP contribution is 2.22. The molecular formula is C18H27ClN2O4S. The number of piperidine rings is 1. The highest BCUT2D eigenvalue weighted by atomic mass is 35.5. The molecule has 0 aromatic heterocycles. The number of amides is 1. The van der Waals surface area contributed by atoms with Gasteiger partial charge in [0.25, 0.3) is 0 Å². The number of sulfonamides is 1. The smallest absolute Gasteiger partial charge is 0.407 e. The van der Waals surface area contributed by atoms with E-state index in [4.69, 9.17) is 16.3 Å². The molecule has 1 fully saturated rings. The number of alkyl carbamates (subject to hydrolysis) is 1. The lowest BCUT2D eigenvalue weighted by atomic mass is 9.98.